The molecule has 0 aliphatic carbocycles. The lowest BCUT2D eigenvalue weighted by Crippen LogP contribution is -2.39. The van der Waals surface area contributed by atoms with Crippen molar-refractivity contribution in [2.24, 2.45) is 0 Å². The summed E-state index contributed by atoms with van der Waals surface area (Å²) >= 11 is 0. The highest BCUT2D eigenvalue weighted by atomic mass is 19.1. The summed E-state index contributed by atoms with van der Waals surface area (Å²) in [5.41, 5.74) is 0.119. The molecule has 27 heavy (non-hydrogen) atoms. The molecule has 3 aromatic rings. The molecule has 1 aliphatic heterocycles. The number of nitrogens with zero attached hydrogens (tertiary/aromatic N) is 1. The summed E-state index contributed by atoms with van der Waals surface area (Å²) in [4.78, 5) is 38.3. The summed E-state index contributed by atoms with van der Waals surface area (Å²) in [6, 6.07) is 13.5. The topological polar surface area (TPSA) is 79.6 Å². The van der Waals surface area contributed by atoms with Crippen LogP contribution in [0.1, 0.15) is 16.8 Å². The molecule has 0 saturated carbocycles. The van der Waals surface area contributed by atoms with E-state index in [0.717, 1.165) is 0 Å². The molecule has 2 amide bonds. The molecule has 1 aromatic heterocycles. The van der Waals surface area contributed by atoms with E-state index < -0.39 is 23.4 Å². The molecule has 0 spiro atoms. The molecule has 0 radical (unpaired) electrons. The fourth-order valence-electron chi connectivity index (χ4n) is 3.16. The Kier molecular flexibility index (Phi) is 4.19. The number of benzene rings is 2. The predicted molar refractivity (Wildman–Crippen MR) is 97.1 cm³/mol. The summed E-state index contributed by atoms with van der Waals surface area (Å²) in [5, 5.41) is 3.34. The van der Waals surface area contributed by atoms with Crippen molar-refractivity contribution in [1.29, 1.82) is 0 Å². The number of carbonyl (C=O) groups is 2. The first-order chi connectivity index (χ1) is 13.0. The number of hydrogen-bond donors (Lipinski definition) is 1. The molecule has 7 heteroatoms. The third-order valence-electron chi connectivity index (χ3n) is 4.48. The summed E-state index contributed by atoms with van der Waals surface area (Å²) in [5.74, 6) is -1.16. The van der Waals surface area contributed by atoms with Crippen LogP contribution < -0.4 is 15.8 Å². The van der Waals surface area contributed by atoms with Crippen molar-refractivity contribution in [3.8, 4) is 0 Å². The van der Waals surface area contributed by atoms with E-state index in [1.165, 1.54) is 35.2 Å². The second-order valence-corrected chi connectivity index (χ2v) is 6.34. The zero-order chi connectivity index (χ0) is 19.0. The molecule has 2 heterocycles. The minimum atomic E-state index is -0.731. The molecule has 1 fully saturated rings. The number of rotatable bonds is 3. The van der Waals surface area contributed by atoms with Gasteiger partial charge in [0.25, 0.3) is 5.91 Å². The standard InChI is InChI=1S/C20H15FN2O4/c21-13-5-7-15(8-6-13)23-11-14(10-18(23)24)22-19(25)16-9-12-3-1-2-4-17(12)27-20(16)26/h1-9,14H,10-11H2,(H,22,25). The fourth-order valence-corrected chi connectivity index (χ4v) is 3.16. The van der Waals surface area contributed by atoms with Gasteiger partial charge in [-0.05, 0) is 36.4 Å². The van der Waals surface area contributed by atoms with Gasteiger partial charge in [0.15, 0.2) is 0 Å². The van der Waals surface area contributed by atoms with Crippen molar-refractivity contribution < 1.29 is 18.4 Å². The highest BCUT2D eigenvalue weighted by Gasteiger charge is 2.32. The second-order valence-electron chi connectivity index (χ2n) is 6.34. The Balaban J connectivity index is 1.52. The summed E-state index contributed by atoms with van der Waals surface area (Å²) < 4.78 is 18.2. The number of carbonyl (C=O) groups excluding carboxylic acids is 2. The van der Waals surface area contributed by atoms with Gasteiger partial charge >= 0.3 is 5.63 Å². The van der Waals surface area contributed by atoms with Crippen LogP contribution in [-0.4, -0.2) is 24.4 Å². The highest BCUT2D eigenvalue weighted by molar-refractivity contribution is 5.99. The first-order valence-electron chi connectivity index (χ1n) is 8.41. The van der Waals surface area contributed by atoms with Crippen LogP contribution in [0.4, 0.5) is 10.1 Å². The quantitative estimate of drug-likeness (QED) is 0.722. The molecule has 1 N–H and O–H groups in total. The molecule has 2 aromatic carbocycles. The van der Waals surface area contributed by atoms with Crippen molar-refractivity contribution in [1.82, 2.24) is 5.32 Å². The van der Waals surface area contributed by atoms with Gasteiger partial charge in [0.05, 0.1) is 6.04 Å². The molecule has 6 nitrogen and oxygen atoms in total. The zero-order valence-electron chi connectivity index (χ0n) is 14.1. The smallest absolute Gasteiger partial charge is 0.349 e. The Morgan fingerprint density at radius 3 is 2.63 bits per heavy atom. The number of para-hydroxylation sites is 1. The van der Waals surface area contributed by atoms with Crippen LogP contribution in [0.15, 0.2) is 63.8 Å². The van der Waals surface area contributed by atoms with Crippen molar-refractivity contribution >= 4 is 28.5 Å². The van der Waals surface area contributed by atoms with Crippen molar-refractivity contribution in [3.63, 3.8) is 0 Å². The lowest BCUT2D eigenvalue weighted by Gasteiger charge is -2.17. The van der Waals surface area contributed by atoms with Crippen molar-refractivity contribution in [2.75, 3.05) is 11.4 Å². The lowest BCUT2D eigenvalue weighted by molar-refractivity contribution is -0.117. The number of fused-ring (bicyclic) bond motifs is 1. The third-order valence-corrected chi connectivity index (χ3v) is 4.48. The molecular weight excluding hydrogens is 351 g/mol. The average Bonchev–Trinajstić information content (AvgIpc) is 3.01. The van der Waals surface area contributed by atoms with Gasteiger partial charge in [0.2, 0.25) is 5.91 Å². The Hall–Kier alpha value is -3.48. The van der Waals surface area contributed by atoms with Crippen LogP contribution in [0, 0.1) is 5.82 Å². The van der Waals surface area contributed by atoms with Crippen LogP contribution in [0.2, 0.25) is 0 Å². The van der Waals surface area contributed by atoms with Gasteiger partial charge in [0.1, 0.15) is 17.0 Å². The van der Waals surface area contributed by atoms with E-state index in [9.17, 15) is 18.8 Å². The Bertz CT molecular complexity index is 1090. The number of halogens is 1. The average molecular weight is 366 g/mol. The van der Waals surface area contributed by atoms with Crippen LogP contribution in [-0.2, 0) is 4.79 Å². The van der Waals surface area contributed by atoms with Gasteiger partial charge in [-0.2, -0.15) is 0 Å². The van der Waals surface area contributed by atoms with Gasteiger partial charge in [-0.3, -0.25) is 9.59 Å². The predicted octanol–water partition coefficient (Wildman–Crippen LogP) is 2.47. The maximum absolute atomic E-state index is 13.1. The van der Waals surface area contributed by atoms with Crippen LogP contribution in [0.25, 0.3) is 11.0 Å². The minimum Gasteiger partial charge on any atom is -0.422 e. The van der Waals surface area contributed by atoms with Gasteiger partial charge < -0.3 is 14.6 Å². The molecule has 136 valence electrons. The molecule has 1 atom stereocenters. The van der Waals surface area contributed by atoms with Gasteiger partial charge in [0, 0.05) is 24.0 Å². The van der Waals surface area contributed by atoms with E-state index in [4.69, 9.17) is 4.42 Å². The number of anilines is 1. The van der Waals surface area contributed by atoms with E-state index in [2.05, 4.69) is 5.32 Å². The van der Waals surface area contributed by atoms with Crippen LogP contribution >= 0.6 is 0 Å². The number of nitrogens with one attached hydrogen (secondary N) is 1. The summed E-state index contributed by atoms with van der Waals surface area (Å²) in [6.07, 6.45) is 0.0992. The van der Waals surface area contributed by atoms with Crippen molar-refractivity contribution in [3.05, 3.63) is 76.4 Å². The molecule has 4 rings (SSSR count). The monoisotopic (exact) mass is 366 g/mol. The first kappa shape index (κ1) is 17.0. The summed E-state index contributed by atoms with van der Waals surface area (Å²) in [7, 11) is 0. The first-order valence-corrected chi connectivity index (χ1v) is 8.41. The van der Waals surface area contributed by atoms with E-state index in [1.54, 1.807) is 24.3 Å². The molecule has 1 aliphatic rings. The Morgan fingerprint density at radius 2 is 1.85 bits per heavy atom. The van der Waals surface area contributed by atoms with E-state index in [-0.39, 0.29) is 24.4 Å². The zero-order valence-corrected chi connectivity index (χ0v) is 14.1. The number of amides is 2. The van der Waals surface area contributed by atoms with Gasteiger partial charge in [-0.25, -0.2) is 9.18 Å². The molecule has 1 saturated heterocycles. The maximum Gasteiger partial charge on any atom is 0.349 e. The minimum absolute atomic E-state index is 0.0992. The Morgan fingerprint density at radius 1 is 1.11 bits per heavy atom. The van der Waals surface area contributed by atoms with Gasteiger partial charge in [-0.1, -0.05) is 18.2 Å². The van der Waals surface area contributed by atoms with E-state index in [1.807, 2.05) is 0 Å². The number of hydrogen-bond acceptors (Lipinski definition) is 4. The summed E-state index contributed by atoms with van der Waals surface area (Å²) in [6.45, 7) is 0.245. The molecule has 1 unspecified atom stereocenters. The Labute approximate surface area is 153 Å². The fraction of sp³-hybridized carbons (Fsp3) is 0.150. The second kappa shape index (κ2) is 6.68. The third kappa shape index (κ3) is 3.31. The highest BCUT2D eigenvalue weighted by Crippen LogP contribution is 2.22. The largest absolute Gasteiger partial charge is 0.422 e. The molecular formula is C20H15FN2O4. The van der Waals surface area contributed by atoms with E-state index >= 15 is 0 Å². The normalized spacial score (nSPS) is 16.7. The van der Waals surface area contributed by atoms with Crippen molar-refractivity contribution in [2.45, 2.75) is 12.5 Å². The lowest BCUT2D eigenvalue weighted by atomic mass is 10.1. The van der Waals surface area contributed by atoms with Crippen LogP contribution in [0.3, 0.4) is 0 Å². The molecule has 0 bridgehead atoms. The van der Waals surface area contributed by atoms with E-state index in [0.29, 0.717) is 16.7 Å². The SMILES string of the molecule is O=C(NC1CC(=O)N(c2ccc(F)cc2)C1)c1cc2ccccc2oc1=O. The van der Waals surface area contributed by atoms with Crippen LogP contribution in [0.5, 0.6) is 0 Å². The van der Waals surface area contributed by atoms with Gasteiger partial charge in [-0.15, -0.1) is 0 Å². The maximum atomic E-state index is 13.1.